The van der Waals surface area contributed by atoms with Crippen molar-refractivity contribution in [2.75, 3.05) is 73.5 Å². The van der Waals surface area contributed by atoms with Crippen molar-refractivity contribution in [2.45, 2.75) is 19.6 Å². The highest BCUT2D eigenvalue weighted by atomic mass is 16.7. The van der Waals surface area contributed by atoms with Crippen LogP contribution in [0, 0.1) is 0 Å². The zero-order chi connectivity index (χ0) is 26.8. The molecular weight excluding hydrogens is 500 g/mol. The average molecular weight is 537 g/mol. The van der Waals surface area contributed by atoms with Crippen molar-refractivity contribution in [3.05, 3.63) is 41.5 Å². The van der Waals surface area contributed by atoms with Crippen LogP contribution in [-0.2, 0) is 18.0 Å². The number of fused-ring (bicyclic) bond motifs is 3. The molecule has 1 saturated heterocycles. The molecule has 3 heterocycles. The van der Waals surface area contributed by atoms with Gasteiger partial charge in [0.15, 0.2) is 23.0 Å². The summed E-state index contributed by atoms with van der Waals surface area (Å²) in [5.41, 5.74) is 4.33. The van der Waals surface area contributed by atoms with Crippen LogP contribution in [0.4, 0.5) is 0 Å². The van der Waals surface area contributed by atoms with E-state index in [0.29, 0.717) is 31.3 Å². The normalized spacial score (nSPS) is 17.0. The summed E-state index contributed by atoms with van der Waals surface area (Å²) in [4.78, 5) is 4.78. The molecule has 0 radical (unpaired) electrons. The van der Waals surface area contributed by atoms with E-state index in [9.17, 15) is 5.11 Å². The van der Waals surface area contributed by atoms with Gasteiger partial charge in [-0.2, -0.15) is 0 Å². The molecule has 0 spiro atoms. The number of hydrogen-bond donors (Lipinski definition) is 1. The Bertz CT molecular complexity index is 1340. The fourth-order valence-electron chi connectivity index (χ4n) is 5.84. The van der Waals surface area contributed by atoms with Crippen molar-refractivity contribution in [3.8, 4) is 39.9 Å². The maximum absolute atomic E-state index is 9.18. The summed E-state index contributed by atoms with van der Waals surface area (Å²) < 4.78 is 35.2. The first-order chi connectivity index (χ1) is 19.2. The predicted octanol–water partition coefficient (Wildman–Crippen LogP) is 3.66. The lowest BCUT2D eigenvalue weighted by Crippen LogP contribution is -2.47. The second kappa shape index (κ2) is 11.5. The fraction of sp³-hybridized carbons (Fsp3) is 0.467. The third-order valence-corrected chi connectivity index (χ3v) is 7.88. The van der Waals surface area contributed by atoms with Gasteiger partial charge in [0.05, 0.1) is 40.6 Å². The Labute approximate surface area is 228 Å². The number of hydrogen-bond acceptors (Lipinski definition) is 9. The largest absolute Gasteiger partial charge is 0.493 e. The smallest absolute Gasteiger partial charge is 0.231 e. The Morgan fingerprint density at radius 2 is 1.51 bits per heavy atom. The molecule has 0 aliphatic carbocycles. The number of aliphatic hydroxyl groups is 1. The van der Waals surface area contributed by atoms with E-state index in [4.69, 9.17) is 28.4 Å². The van der Waals surface area contributed by atoms with Gasteiger partial charge in [-0.1, -0.05) is 6.07 Å². The molecular formula is C30H36N2O7. The Morgan fingerprint density at radius 1 is 0.821 bits per heavy atom. The van der Waals surface area contributed by atoms with Crippen LogP contribution in [0.5, 0.6) is 28.7 Å². The Balaban J connectivity index is 1.31. The van der Waals surface area contributed by atoms with Gasteiger partial charge in [-0.25, -0.2) is 0 Å². The summed E-state index contributed by atoms with van der Waals surface area (Å²) in [6.07, 6.45) is 0.925. The van der Waals surface area contributed by atoms with Crippen LogP contribution in [0.1, 0.15) is 17.5 Å². The van der Waals surface area contributed by atoms with Gasteiger partial charge < -0.3 is 38.4 Å². The molecule has 208 valence electrons. The highest BCUT2D eigenvalue weighted by molar-refractivity contribution is 6.05. The third-order valence-electron chi connectivity index (χ3n) is 7.88. The Hall–Kier alpha value is -3.24. The molecule has 3 aromatic rings. The molecule has 1 N–H and O–H groups in total. The van der Waals surface area contributed by atoms with Gasteiger partial charge in [0.25, 0.3) is 0 Å². The highest BCUT2D eigenvalue weighted by Crippen LogP contribution is 2.49. The zero-order valence-electron chi connectivity index (χ0n) is 22.7. The van der Waals surface area contributed by atoms with E-state index in [1.807, 2.05) is 24.3 Å². The van der Waals surface area contributed by atoms with Crippen molar-refractivity contribution in [1.82, 2.24) is 9.80 Å². The van der Waals surface area contributed by atoms with Gasteiger partial charge in [-0.05, 0) is 52.8 Å². The monoisotopic (exact) mass is 536 g/mol. The number of aliphatic hydroxyl groups excluding tert-OH is 1. The van der Waals surface area contributed by atoms with E-state index in [2.05, 4.69) is 15.9 Å². The van der Waals surface area contributed by atoms with E-state index >= 15 is 0 Å². The van der Waals surface area contributed by atoms with Crippen LogP contribution in [-0.4, -0.2) is 88.4 Å². The zero-order valence-corrected chi connectivity index (χ0v) is 22.7. The summed E-state index contributed by atoms with van der Waals surface area (Å²) in [5.74, 6) is 3.68. The van der Waals surface area contributed by atoms with Gasteiger partial charge in [0.1, 0.15) is 5.75 Å². The second-order valence-electron chi connectivity index (χ2n) is 10.1. The SMILES string of the molecule is COc1cc2c(OCCCN3CCN(CCO)CC3)c3c(c(-c4ccc5c(c4)OCO5)c2cc1OC)COC3. The Morgan fingerprint density at radius 3 is 2.26 bits per heavy atom. The topological polar surface area (TPSA) is 82.1 Å². The molecule has 39 heavy (non-hydrogen) atoms. The summed E-state index contributed by atoms with van der Waals surface area (Å²) in [6, 6.07) is 10.1. The van der Waals surface area contributed by atoms with Crippen molar-refractivity contribution < 1.29 is 33.5 Å². The number of nitrogens with zero attached hydrogens (tertiary/aromatic N) is 2. The first-order valence-electron chi connectivity index (χ1n) is 13.6. The van der Waals surface area contributed by atoms with Crippen molar-refractivity contribution in [3.63, 3.8) is 0 Å². The summed E-state index contributed by atoms with van der Waals surface area (Å²) in [7, 11) is 3.31. The quantitative estimate of drug-likeness (QED) is 0.391. The third kappa shape index (κ3) is 5.07. The average Bonchev–Trinajstić information content (AvgIpc) is 3.64. The molecule has 0 bridgehead atoms. The minimum Gasteiger partial charge on any atom is -0.493 e. The molecule has 0 aromatic heterocycles. The van der Waals surface area contributed by atoms with E-state index in [1.54, 1.807) is 14.2 Å². The molecule has 3 aliphatic rings. The lowest BCUT2D eigenvalue weighted by atomic mass is 9.89. The van der Waals surface area contributed by atoms with Crippen LogP contribution in [0.25, 0.3) is 21.9 Å². The maximum atomic E-state index is 9.18. The predicted molar refractivity (Wildman–Crippen MR) is 147 cm³/mol. The van der Waals surface area contributed by atoms with Crippen LogP contribution in [0.15, 0.2) is 30.3 Å². The van der Waals surface area contributed by atoms with Gasteiger partial charge >= 0.3 is 0 Å². The second-order valence-corrected chi connectivity index (χ2v) is 10.1. The van der Waals surface area contributed by atoms with Crippen LogP contribution < -0.4 is 23.7 Å². The standard InChI is InChI=1S/C30H36N2O7/c1-34-26-15-21-22(16-27(26)35-2)30(37-13-3-6-31-7-9-32(10-8-31)11-12-33)24-18-36-17-23(24)29(21)20-4-5-25-28(14-20)39-19-38-25/h4-5,14-16,33H,3,6-13,17-19H2,1-2H3. The van der Waals surface area contributed by atoms with Crippen LogP contribution in [0.3, 0.4) is 0 Å². The van der Waals surface area contributed by atoms with Crippen molar-refractivity contribution in [2.24, 2.45) is 0 Å². The van der Waals surface area contributed by atoms with Crippen LogP contribution in [0.2, 0.25) is 0 Å². The van der Waals surface area contributed by atoms with Crippen LogP contribution >= 0.6 is 0 Å². The molecule has 0 saturated carbocycles. The van der Waals surface area contributed by atoms with Gasteiger partial charge in [0.2, 0.25) is 6.79 Å². The molecule has 0 amide bonds. The number of ether oxygens (including phenoxy) is 6. The first-order valence-corrected chi connectivity index (χ1v) is 13.6. The first kappa shape index (κ1) is 26.0. The molecule has 9 nitrogen and oxygen atoms in total. The Kier molecular flexibility index (Phi) is 7.65. The molecule has 6 rings (SSSR count). The lowest BCUT2D eigenvalue weighted by molar-refractivity contribution is 0.108. The molecule has 3 aromatic carbocycles. The number of benzene rings is 3. The van der Waals surface area contributed by atoms with Gasteiger partial charge in [-0.15, -0.1) is 0 Å². The number of β-amino-alcohol motifs (C(OH)–C–C–N with tert-alkyl or cyclic N) is 1. The number of rotatable bonds is 10. The van der Waals surface area contributed by atoms with Crippen molar-refractivity contribution >= 4 is 10.8 Å². The summed E-state index contributed by atoms with van der Waals surface area (Å²) >= 11 is 0. The van der Waals surface area contributed by atoms with Gasteiger partial charge in [-0.3, -0.25) is 4.90 Å². The lowest BCUT2D eigenvalue weighted by Gasteiger charge is -2.34. The number of methoxy groups -OCH3 is 2. The molecule has 0 unspecified atom stereocenters. The fourth-order valence-corrected chi connectivity index (χ4v) is 5.84. The van der Waals surface area contributed by atoms with E-state index in [0.717, 1.165) is 96.0 Å². The van der Waals surface area contributed by atoms with Gasteiger partial charge in [0, 0.05) is 50.2 Å². The van der Waals surface area contributed by atoms with E-state index in [-0.39, 0.29) is 13.4 Å². The summed E-state index contributed by atoms with van der Waals surface area (Å²) in [5, 5.41) is 11.2. The van der Waals surface area contributed by atoms with Crippen molar-refractivity contribution in [1.29, 1.82) is 0 Å². The molecule has 0 atom stereocenters. The maximum Gasteiger partial charge on any atom is 0.231 e. The highest BCUT2D eigenvalue weighted by Gasteiger charge is 2.28. The van der Waals surface area contributed by atoms with E-state index < -0.39 is 0 Å². The minimum atomic E-state index is 0.222. The number of piperazine rings is 1. The molecule has 9 heteroatoms. The molecule has 3 aliphatic heterocycles. The molecule has 1 fully saturated rings. The summed E-state index contributed by atoms with van der Waals surface area (Å²) in [6.45, 7) is 7.86. The van der Waals surface area contributed by atoms with E-state index in [1.165, 1.54) is 0 Å². The minimum absolute atomic E-state index is 0.222.